The van der Waals surface area contributed by atoms with Crippen LogP contribution in [0.15, 0.2) is 36.7 Å². The average molecular weight is 382 g/mol. The Morgan fingerprint density at radius 1 is 1.18 bits per heavy atom. The third kappa shape index (κ3) is 4.89. The molecule has 5 nitrogen and oxygen atoms in total. The van der Waals surface area contributed by atoms with Gasteiger partial charge in [0, 0.05) is 44.2 Å². The normalized spacial score (nSPS) is 17.6. The molecule has 0 aliphatic carbocycles. The van der Waals surface area contributed by atoms with Crippen molar-refractivity contribution in [2.45, 2.75) is 51.9 Å². The number of nitrogens with zero attached hydrogens (tertiary/aromatic N) is 3. The highest BCUT2D eigenvalue weighted by Gasteiger charge is 2.29. The van der Waals surface area contributed by atoms with Gasteiger partial charge < -0.3 is 4.90 Å². The quantitative estimate of drug-likeness (QED) is 0.741. The van der Waals surface area contributed by atoms with E-state index in [9.17, 15) is 9.59 Å². The van der Waals surface area contributed by atoms with Crippen molar-refractivity contribution < 1.29 is 9.59 Å². The van der Waals surface area contributed by atoms with E-state index in [1.165, 1.54) is 5.56 Å². The summed E-state index contributed by atoms with van der Waals surface area (Å²) in [5, 5.41) is 4.14. The van der Waals surface area contributed by atoms with Gasteiger partial charge in [0.05, 0.1) is 6.20 Å². The van der Waals surface area contributed by atoms with E-state index < -0.39 is 0 Å². The van der Waals surface area contributed by atoms with Crippen LogP contribution in [-0.4, -0.2) is 39.5 Å². The van der Waals surface area contributed by atoms with Gasteiger partial charge in [-0.2, -0.15) is 5.10 Å². The lowest BCUT2D eigenvalue weighted by Gasteiger charge is -2.32. The molecule has 2 aromatic rings. The van der Waals surface area contributed by atoms with Crippen LogP contribution >= 0.6 is 0 Å². The highest BCUT2D eigenvalue weighted by Crippen LogP contribution is 2.25. The lowest BCUT2D eigenvalue weighted by Crippen LogP contribution is -2.42. The van der Waals surface area contributed by atoms with Crippen molar-refractivity contribution in [2.24, 2.45) is 13.0 Å². The van der Waals surface area contributed by atoms with Gasteiger partial charge in [-0.15, -0.1) is 0 Å². The molecule has 150 valence electrons. The second-order valence-electron chi connectivity index (χ2n) is 8.89. The number of carbonyl (C=O) groups excluding carboxylic acids is 2. The first-order valence-electron chi connectivity index (χ1n) is 10.1. The standard InChI is InChI=1S/C23H31N3O2/c1-23(2,3)20-10-8-18(9-11-20)22(28)19-6-5-13-26(16-19)21(27)12-7-17-14-24-25(4)15-17/h8-11,14-15,19H,5-7,12-13,16H2,1-4H3/t19-/m1/s1. The van der Waals surface area contributed by atoms with Crippen molar-refractivity contribution in [2.75, 3.05) is 13.1 Å². The molecule has 0 radical (unpaired) electrons. The first kappa shape index (κ1) is 20.3. The molecule has 0 spiro atoms. The van der Waals surface area contributed by atoms with Crippen LogP contribution in [0.5, 0.6) is 0 Å². The summed E-state index contributed by atoms with van der Waals surface area (Å²) < 4.78 is 1.75. The molecular weight excluding hydrogens is 350 g/mol. The number of rotatable bonds is 5. The number of Topliss-reactive ketones (excluding diaryl/α,β-unsaturated/α-hetero) is 1. The van der Waals surface area contributed by atoms with Crippen LogP contribution in [-0.2, 0) is 23.7 Å². The molecule has 3 rings (SSSR count). The Morgan fingerprint density at radius 2 is 1.89 bits per heavy atom. The molecule has 1 aliphatic heterocycles. The van der Waals surface area contributed by atoms with Crippen molar-refractivity contribution in [3.05, 3.63) is 53.3 Å². The molecule has 1 aliphatic rings. The van der Waals surface area contributed by atoms with Gasteiger partial charge >= 0.3 is 0 Å². The minimum atomic E-state index is -0.100. The highest BCUT2D eigenvalue weighted by atomic mass is 16.2. The average Bonchev–Trinajstić information content (AvgIpc) is 3.10. The zero-order valence-electron chi connectivity index (χ0n) is 17.4. The summed E-state index contributed by atoms with van der Waals surface area (Å²) in [5.74, 6) is 0.186. The molecule has 1 aromatic heterocycles. The van der Waals surface area contributed by atoms with E-state index in [1.807, 2.05) is 42.4 Å². The highest BCUT2D eigenvalue weighted by molar-refractivity contribution is 5.98. The zero-order chi connectivity index (χ0) is 20.3. The summed E-state index contributed by atoms with van der Waals surface area (Å²) in [6.45, 7) is 7.78. The van der Waals surface area contributed by atoms with Crippen LogP contribution in [0.25, 0.3) is 0 Å². The molecule has 0 N–H and O–H groups in total. The summed E-state index contributed by atoms with van der Waals surface area (Å²) in [4.78, 5) is 27.5. The molecule has 28 heavy (non-hydrogen) atoms. The fourth-order valence-electron chi connectivity index (χ4n) is 3.80. The monoisotopic (exact) mass is 381 g/mol. The van der Waals surface area contributed by atoms with Crippen LogP contribution < -0.4 is 0 Å². The topological polar surface area (TPSA) is 55.2 Å². The summed E-state index contributed by atoms with van der Waals surface area (Å²) in [6, 6.07) is 7.97. The number of aryl methyl sites for hydroxylation is 2. The minimum absolute atomic E-state index is 0.0733. The first-order valence-corrected chi connectivity index (χ1v) is 10.1. The fourth-order valence-corrected chi connectivity index (χ4v) is 3.80. The summed E-state index contributed by atoms with van der Waals surface area (Å²) in [5.41, 5.74) is 3.12. The van der Waals surface area contributed by atoms with Gasteiger partial charge in [0.25, 0.3) is 0 Å². The second-order valence-corrected chi connectivity index (χ2v) is 8.89. The molecule has 0 saturated carbocycles. The maximum atomic E-state index is 13.0. The van der Waals surface area contributed by atoms with Crippen molar-refractivity contribution in [1.29, 1.82) is 0 Å². The largest absolute Gasteiger partial charge is 0.342 e. The van der Waals surface area contributed by atoms with Crippen LogP contribution in [0, 0.1) is 5.92 Å². The maximum absolute atomic E-state index is 13.0. The van der Waals surface area contributed by atoms with E-state index in [-0.39, 0.29) is 23.0 Å². The number of ketones is 1. The van der Waals surface area contributed by atoms with Crippen molar-refractivity contribution in [1.82, 2.24) is 14.7 Å². The Kier molecular flexibility index (Phi) is 6.01. The van der Waals surface area contributed by atoms with Crippen molar-refractivity contribution in [3.8, 4) is 0 Å². The number of likely N-dealkylation sites (tertiary alicyclic amines) is 1. The van der Waals surface area contributed by atoms with Gasteiger partial charge in [-0.25, -0.2) is 0 Å². The first-order chi connectivity index (χ1) is 13.2. The van der Waals surface area contributed by atoms with E-state index in [1.54, 1.807) is 10.9 Å². The molecule has 1 aromatic carbocycles. The second kappa shape index (κ2) is 8.29. The summed E-state index contributed by atoms with van der Waals surface area (Å²) in [7, 11) is 1.88. The van der Waals surface area contributed by atoms with Crippen LogP contribution in [0.4, 0.5) is 0 Å². The predicted molar refractivity (Wildman–Crippen MR) is 110 cm³/mol. The van der Waals surface area contributed by atoms with Crippen LogP contribution in [0.2, 0.25) is 0 Å². The van der Waals surface area contributed by atoms with Crippen LogP contribution in [0.1, 0.15) is 61.5 Å². The number of piperidine rings is 1. The summed E-state index contributed by atoms with van der Waals surface area (Å²) in [6.07, 6.45) is 6.64. The number of benzene rings is 1. The number of hydrogen-bond acceptors (Lipinski definition) is 3. The number of aromatic nitrogens is 2. The molecule has 2 heterocycles. The predicted octanol–water partition coefficient (Wildman–Crippen LogP) is 3.77. The van der Waals surface area contributed by atoms with Gasteiger partial charge in [-0.05, 0) is 35.8 Å². The third-order valence-corrected chi connectivity index (χ3v) is 5.57. The zero-order valence-corrected chi connectivity index (χ0v) is 17.4. The molecule has 0 unspecified atom stereocenters. The smallest absolute Gasteiger partial charge is 0.222 e. The minimum Gasteiger partial charge on any atom is -0.342 e. The van der Waals surface area contributed by atoms with Crippen molar-refractivity contribution >= 4 is 11.7 Å². The maximum Gasteiger partial charge on any atom is 0.222 e. The third-order valence-electron chi connectivity index (χ3n) is 5.57. The Balaban J connectivity index is 1.59. The van der Waals surface area contributed by atoms with Gasteiger partial charge in [0.15, 0.2) is 5.78 Å². The Labute approximate surface area is 167 Å². The van der Waals surface area contributed by atoms with E-state index in [0.717, 1.165) is 30.5 Å². The number of hydrogen-bond donors (Lipinski definition) is 0. The van der Waals surface area contributed by atoms with Crippen molar-refractivity contribution in [3.63, 3.8) is 0 Å². The Bertz CT molecular complexity index is 830. The van der Waals surface area contributed by atoms with E-state index in [2.05, 4.69) is 25.9 Å². The molecule has 0 bridgehead atoms. The van der Waals surface area contributed by atoms with E-state index in [0.29, 0.717) is 19.4 Å². The molecule has 1 amide bonds. The lowest BCUT2D eigenvalue weighted by atomic mass is 9.85. The molecule has 1 fully saturated rings. The van der Waals surface area contributed by atoms with Crippen LogP contribution in [0.3, 0.4) is 0 Å². The Morgan fingerprint density at radius 3 is 2.50 bits per heavy atom. The fraction of sp³-hybridized carbons (Fsp3) is 0.522. The SMILES string of the molecule is Cn1cc(CCC(=O)N2CCC[C@@H](C(=O)c3ccc(C(C)(C)C)cc3)C2)cn1. The van der Waals surface area contributed by atoms with E-state index >= 15 is 0 Å². The molecule has 1 saturated heterocycles. The number of amides is 1. The molecular formula is C23H31N3O2. The van der Waals surface area contributed by atoms with Gasteiger partial charge in [0.2, 0.25) is 5.91 Å². The van der Waals surface area contributed by atoms with Gasteiger partial charge in [0.1, 0.15) is 0 Å². The number of carbonyl (C=O) groups is 2. The molecule has 1 atom stereocenters. The Hall–Kier alpha value is -2.43. The van der Waals surface area contributed by atoms with Gasteiger partial charge in [-0.3, -0.25) is 14.3 Å². The lowest BCUT2D eigenvalue weighted by molar-refractivity contribution is -0.132. The summed E-state index contributed by atoms with van der Waals surface area (Å²) >= 11 is 0. The molecule has 5 heteroatoms. The van der Waals surface area contributed by atoms with Gasteiger partial charge in [-0.1, -0.05) is 45.0 Å². The van der Waals surface area contributed by atoms with E-state index in [4.69, 9.17) is 0 Å².